The van der Waals surface area contributed by atoms with Crippen molar-refractivity contribution in [1.82, 2.24) is 0 Å². The summed E-state index contributed by atoms with van der Waals surface area (Å²) in [5, 5.41) is 0. The van der Waals surface area contributed by atoms with Gasteiger partial charge in [0.05, 0.1) is 0 Å². The molecule has 0 aliphatic carbocycles. The summed E-state index contributed by atoms with van der Waals surface area (Å²) in [4.78, 5) is 16.7. The molecular formula is C3H11N2O3P. The molecule has 0 aromatic carbocycles. The molecule has 0 saturated carbocycles. The first-order chi connectivity index (χ1) is 3.98. The molecule has 0 spiro atoms. The number of hydrogen-bond acceptors (Lipinski definition) is 3. The number of nitrogens with two attached hydrogens (primary N) is 2. The van der Waals surface area contributed by atoms with Crippen molar-refractivity contribution in [2.75, 3.05) is 6.54 Å². The molecule has 0 aliphatic heterocycles. The predicted octanol–water partition coefficient (Wildman–Crippen LogP) is -1.20. The molecule has 0 radical (unpaired) electrons. The Kier molecular flexibility index (Phi) is 3.32. The summed E-state index contributed by atoms with van der Waals surface area (Å²) >= 11 is 0. The lowest BCUT2D eigenvalue weighted by molar-refractivity contribution is 0.356. The topological polar surface area (TPSA) is 110 Å². The highest BCUT2D eigenvalue weighted by molar-refractivity contribution is 7.52. The Hall–Kier alpha value is 0.0700. The summed E-state index contributed by atoms with van der Waals surface area (Å²) in [6.07, 6.45) is 0.157. The fourth-order valence-corrected chi connectivity index (χ4v) is 0.824. The van der Waals surface area contributed by atoms with E-state index >= 15 is 0 Å². The van der Waals surface area contributed by atoms with Gasteiger partial charge in [0.2, 0.25) is 0 Å². The van der Waals surface area contributed by atoms with Crippen molar-refractivity contribution in [1.29, 1.82) is 0 Å². The Morgan fingerprint density at radius 1 is 1.56 bits per heavy atom. The average Bonchev–Trinajstić information content (AvgIpc) is 1.64. The lowest BCUT2D eigenvalue weighted by Crippen LogP contribution is -2.23. The fourth-order valence-electron chi connectivity index (χ4n) is 0.339. The molecule has 6 heteroatoms. The van der Waals surface area contributed by atoms with E-state index in [4.69, 9.17) is 21.3 Å². The number of rotatable bonds is 3. The Labute approximate surface area is 53.2 Å². The van der Waals surface area contributed by atoms with Crippen molar-refractivity contribution >= 4 is 7.60 Å². The van der Waals surface area contributed by atoms with Gasteiger partial charge in [0.25, 0.3) is 0 Å². The van der Waals surface area contributed by atoms with Gasteiger partial charge in [-0.3, -0.25) is 4.57 Å². The summed E-state index contributed by atoms with van der Waals surface area (Å²) in [6, 6.07) is 0. The van der Waals surface area contributed by atoms with E-state index in [1.54, 1.807) is 0 Å². The van der Waals surface area contributed by atoms with Crippen LogP contribution in [0.1, 0.15) is 6.42 Å². The second kappa shape index (κ2) is 3.29. The monoisotopic (exact) mass is 154 g/mol. The van der Waals surface area contributed by atoms with Crippen LogP contribution in [0.4, 0.5) is 0 Å². The highest BCUT2D eigenvalue weighted by Gasteiger charge is 2.22. The van der Waals surface area contributed by atoms with Crippen molar-refractivity contribution in [3.05, 3.63) is 0 Å². The minimum Gasteiger partial charge on any atom is -0.330 e. The lowest BCUT2D eigenvalue weighted by Gasteiger charge is -2.10. The van der Waals surface area contributed by atoms with Crippen molar-refractivity contribution < 1.29 is 14.4 Å². The van der Waals surface area contributed by atoms with Gasteiger partial charge in [-0.25, -0.2) is 0 Å². The Morgan fingerprint density at radius 2 is 2.00 bits per heavy atom. The van der Waals surface area contributed by atoms with E-state index in [0.29, 0.717) is 0 Å². The summed E-state index contributed by atoms with van der Waals surface area (Å²) in [5.74, 6) is -1.09. The largest absolute Gasteiger partial charge is 0.342 e. The summed E-state index contributed by atoms with van der Waals surface area (Å²) in [7, 11) is -4.08. The minimum atomic E-state index is -4.08. The van der Waals surface area contributed by atoms with Crippen LogP contribution in [0.2, 0.25) is 0 Å². The zero-order chi connectivity index (χ0) is 7.49. The van der Waals surface area contributed by atoms with Crippen LogP contribution in [-0.4, -0.2) is 22.1 Å². The third kappa shape index (κ3) is 3.61. The van der Waals surface area contributed by atoms with E-state index in [-0.39, 0.29) is 13.0 Å². The van der Waals surface area contributed by atoms with Crippen LogP contribution >= 0.6 is 7.60 Å². The van der Waals surface area contributed by atoms with Gasteiger partial charge >= 0.3 is 7.60 Å². The molecule has 5 nitrogen and oxygen atoms in total. The minimum absolute atomic E-state index is 0.157. The van der Waals surface area contributed by atoms with Crippen LogP contribution in [0.3, 0.4) is 0 Å². The third-order valence-electron chi connectivity index (χ3n) is 0.894. The maximum atomic E-state index is 10.2. The van der Waals surface area contributed by atoms with E-state index in [1.165, 1.54) is 0 Å². The summed E-state index contributed by atoms with van der Waals surface area (Å²) in [6.45, 7) is 0.201. The quantitative estimate of drug-likeness (QED) is 0.381. The van der Waals surface area contributed by atoms with E-state index < -0.39 is 13.4 Å². The maximum Gasteiger partial charge on any atom is 0.342 e. The van der Waals surface area contributed by atoms with Crippen LogP contribution in [0.25, 0.3) is 0 Å². The first-order valence-corrected chi connectivity index (χ1v) is 4.17. The van der Waals surface area contributed by atoms with Crippen LogP contribution in [0.15, 0.2) is 0 Å². The third-order valence-corrected chi connectivity index (χ3v) is 2.02. The molecule has 9 heavy (non-hydrogen) atoms. The lowest BCUT2D eigenvalue weighted by atomic mass is 10.4. The summed E-state index contributed by atoms with van der Waals surface area (Å²) in [5.41, 5.74) is 10.0. The smallest absolute Gasteiger partial charge is 0.330 e. The molecule has 0 rings (SSSR count). The van der Waals surface area contributed by atoms with Crippen LogP contribution < -0.4 is 11.5 Å². The average molecular weight is 154 g/mol. The van der Waals surface area contributed by atoms with Crippen LogP contribution in [0, 0.1) is 0 Å². The molecule has 56 valence electrons. The zero-order valence-electron chi connectivity index (χ0n) is 4.90. The van der Waals surface area contributed by atoms with Crippen molar-refractivity contribution in [3.8, 4) is 0 Å². The number of hydrogen-bond donors (Lipinski definition) is 4. The molecule has 0 aromatic rings. The highest BCUT2D eigenvalue weighted by Crippen LogP contribution is 2.39. The Bertz CT molecular complexity index is 122. The molecule has 0 bridgehead atoms. The van der Waals surface area contributed by atoms with Crippen LogP contribution in [0.5, 0.6) is 0 Å². The fraction of sp³-hybridized carbons (Fsp3) is 1.00. The van der Waals surface area contributed by atoms with Gasteiger partial charge in [-0.1, -0.05) is 0 Å². The van der Waals surface area contributed by atoms with Gasteiger partial charge in [0.1, 0.15) is 5.78 Å². The standard InChI is InChI=1S/C3H11N2O3P/c4-2-1-3(5)9(6,7)8/h3H,1-2,4-5H2,(H2,6,7,8). The SMILES string of the molecule is NCCC(N)P(=O)(O)O. The van der Waals surface area contributed by atoms with E-state index in [2.05, 4.69) is 0 Å². The van der Waals surface area contributed by atoms with Gasteiger partial charge < -0.3 is 21.3 Å². The molecule has 0 heterocycles. The molecule has 0 amide bonds. The first-order valence-electron chi connectivity index (χ1n) is 2.49. The molecule has 0 aromatic heterocycles. The van der Waals surface area contributed by atoms with Gasteiger partial charge in [0, 0.05) is 0 Å². The van der Waals surface area contributed by atoms with Gasteiger partial charge in [-0.2, -0.15) is 0 Å². The van der Waals surface area contributed by atoms with E-state index in [1.807, 2.05) is 0 Å². The van der Waals surface area contributed by atoms with Crippen molar-refractivity contribution in [2.45, 2.75) is 12.2 Å². The zero-order valence-corrected chi connectivity index (χ0v) is 5.79. The van der Waals surface area contributed by atoms with Crippen LogP contribution in [-0.2, 0) is 4.57 Å². The molecule has 0 saturated heterocycles. The second-order valence-electron chi connectivity index (χ2n) is 1.73. The van der Waals surface area contributed by atoms with Gasteiger partial charge in [-0.15, -0.1) is 0 Å². The highest BCUT2D eigenvalue weighted by atomic mass is 31.2. The maximum absolute atomic E-state index is 10.2. The molecule has 0 aliphatic rings. The summed E-state index contributed by atoms with van der Waals surface area (Å²) < 4.78 is 10.2. The van der Waals surface area contributed by atoms with Gasteiger partial charge in [0.15, 0.2) is 0 Å². The molecule has 6 N–H and O–H groups in total. The Morgan fingerprint density at radius 3 is 2.11 bits per heavy atom. The van der Waals surface area contributed by atoms with Gasteiger partial charge in [-0.05, 0) is 13.0 Å². The molecule has 0 fully saturated rings. The first kappa shape index (κ1) is 9.07. The normalized spacial score (nSPS) is 15.6. The van der Waals surface area contributed by atoms with E-state index in [0.717, 1.165) is 0 Å². The second-order valence-corrected chi connectivity index (χ2v) is 3.58. The molecule has 1 unspecified atom stereocenters. The Balaban J connectivity index is 3.74. The van der Waals surface area contributed by atoms with E-state index in [9.17, 15) is 4.57 Å². The van der Waals surface area contributed by atoms with Crippen molar-refractivity contribution in [2.24, 2.45) is 11.5 Å². The molecule has 1 atom stereocenters. The predicted molar refractivity (Wildman–Crippen MR) is 33.7 cm³/mol. The van der Waals surface area contributed by atoms with Crippen molar-refractivity contribution in [3.63, 3.8) is 0 Å². The molecular weight excluding hydrogens is 143 g/mol.